The summed E-state index contributed by atoms with van der Waals surface area (Å²) in [5.41, 5.74) is 1.17. The molecule has 1 aromatic rings. The number of thioether (sulfide) groups is 1. The minimum absolute atomic E-state index is 0.172. The van der Waals surface area contributed by atoms with Gasteiger partial charge in [0.2, 0.25) is 5.91 Å². The molecule has 0 saturated carbocycles. The average Bonchev–Trinajstić information content (AvgIpc) is 2.48. The Morgan fingerprint density at radius 3 is 2.95 bits per heavy atom. The van der Waals surface area contributed by atoms with E-state index in [2.05, 4.69) is 17.1 Å². The Morgan fingerprint density at radius 1 is 1.40 bits per heavy atom. The van der Waals surface area contributed by atoms with Gasteiger partial charge in [-0.2, -0.15) is 0 Å². The van der Waals surface area contributed by atoms with Crippen LogP contribution in [0.2, 0.25) is 0 Å². The predicted molar refractivity (Wildman–Crippen MR) is 81.2 cm³/mol. The van der Waals surface area contributed by atoms with E-state index < -0.39 is 0 Å². The van der Waals surface area contributed by atoms with E-state index in [4.69, 9.17) is 4.74 Å². The third kappa shape index (κ3) is 2.68. The first-order valence-corrected chi connectivity index (χ1v) is 7.90. The standard InChI is InChI=1S/C15H18N2O2S/c1-2-19-12-6-4-11(5-7-12)13-10-14(18)17-9-3-8-16-15(17)20-13/h4-7,13H,2-3,8-10H2,1H3/t13-/m1/s1. The van der Waals surface area contributed by atoms with Gasteiger partial charge >= 0.3 is 0 Å². The smallest absolute Gasteiger partial charge is 0.230 e. The van der Waals surface area contributed by atoms with Crippen LogP contribution in [-0.2, 0) is 4.79 Å². The van der Waals surface area contributed by atoms with E-state index in [9.17, 15) is 4.79 Å². The summed E-state index contributed by atoms with van der Waals surface area (Å²) in [6.45, 7) is 4.30. The third-order valence-corrected chi connectivity index (χ3v) is 4.77. The van der Waals surface area contributed by atoms with Gasteiger partial charge < -0.3 is 4.74 Å². The largest absolute Gasteiger partial charge is 0.494 e. The second kappa shape index (κ2) is 5.87. The van der Waals surface area contributed by atoms with E-state index in [-0.39, 0.29) is 11.2 Å². The highest BCUT2D eigenvalue weighted by Crippen LogP contribution is 2.39. The highest BCUT2D eigenvalue weighted by atomic mass is 32.2. The molecule has 3 rings (SSSR count). The van der Waals surface area contributed by atoms with Crippen LogP contribution >= 0.6 is 11.8 Å². The normalized spacial score (nSPS) is 22.2. The maximum absolute atomic E-state index is 12.2. The lowest BCUT2D eigenvalue weighted by molar-refractivity contribution is -0.127. The molecule has 0 bridgehead atoms. The molecule has 0 aromatic heterocycles. The maximum atomic E-state index is 12.2. The van der Waals surface area contributed by atoms with Gasteiger partial charge in [0.25, 0.3) is 0 Å². The Labute approximate surface area is 123 Å². The topological polar surface area (TPSA) is 41.9 Å². The summed E-state index contributed by atoms with van der Waals surface area (Å²) in [4.78, 5) is 18.5. The summed E-state index contributed by atoms with van der Waals surface area (Å²) < 4.78 is 5.45. The molecule has 1 atom stereocenters. The van der Waals surface area contributed by atoms with Gasteiger partial charge in [0, 0.05) is 24.8 Å². The molecule has 1 saturated heterocycles. The Morgan fingerprint density at radius 2 is 2.20 bits per heavy atom. The maximum Gasteiger partial charge on any atom is 0.230 e. The van der Waals surface area contributed by atoms with Crippen LogP contribution in [0.4, 0.5) is 0 Å². The molecule has 20 heavy (non-hydrogen) atoms. The Hall–Kier alpha value is -1.49. The lowest BCUT2D eigenvalue weighted by atomic mass is 10.1. The van der Waals surface area contributed by atoms with Crippen molar-refractivity contribution >= 4 is 22.8 Å². The van der Waals surface area contributed by atoms with Crippen molar-refractivity contribution in [1.29, 1.82) is 0 Å². The zero-order valence-electron chi connectivity index (χ0n) is 11.5. The Kier molecular flexibility index (Phi) is 3.96. The van der Waals surface area contributed by atoms with Crippen molar-refractivity contribution in [3.8, 4) is 5.75 Å². The molecule has 2 heterocycles. The number of amides is 1. The zero-order valence-corrected chi connectivity index (χ0v) is 12.4. The van der Waals surface area contributed by atoms with Crippen molar-refractivity contribution in [2.24, 2.45) is 4.99 Å². The number of ether oxygens (including phenoxy) is 1. The summed E-state index contributed by atoms with van der Waals surface area (Å²) in [6, 6.07) is 8.04. The van der Waals surface area contributed by atoms with Gasteiger partial charge in [0.05, 0.1) is 6.61 Å². The van der Waals surface area contributed by atoms with Gasteiger partial charge in [-0.05, 0) is 31.0 Å². The Balaban J connectivity index is 1.77. The highest BCUT2D eigenvalue weighted by molar-refractivity contribution is 8.14. The fraction of sp³-hybridized carbons (Fsp3) is 0.467. The number of hydrogen-bond acceptors (Lipinski definition) is 4. The summed E-state index contributed by atoms with van der Waals surface area (Å²) in [5.74, 6) is 1.07. The molecule has 1 amide bonds. The third-order valence-electron chi connectivity index (χ3n) is 3.49. The first kappa shape index (κ1) is 13.5. The van der Waals surface area contributed by atoms with Crippen molar-refractivity contribution in [3.63, 3.8) is 0 Å². The summed E-state index contributed by atoms with van der Waals surface area (Å²) in [5, 5.41) is 1.07. The first-order valence-electron chi connectivity index (χ1n) is 7.02. The molecule has 0 unspecified atom stereocenters. The van der Waals surface area contributed by atoms with Crippen LogP contribution < -0.4 is 4.74 Å². The lowest BCUT2D eigenvalue weighted by Gasteiger charge is -2.34. The minimum Gasteiger partial charge on any atom is -0.494 e. The van der Waals surface area contributed by atoms with E-state index in [1.165, 1.54) is 5.56 Å². The molecule has 4 nitrogen and oxygen atoms in total. The molecule has 1 fully saturated rings. The minimum atomic E-state index is 0.172. The SMILES string of the molecule is CCOc1ccc([C@H]2CC(=O)N3CCCN=C3S2)cc1. The van der Waals surface area contributed by atoms with Crippen molar-refractivity contribution < 1.29 is 9.53 Å². The fourth-order valence-electron chi connectivity index (χ4n) is 2.49. The van der Waals surface area contributed by atoms with Gasteiger partial charge in [0.15, 0.2) is 5.17 Å². The molecule has 5 heteroatoms. The first-order chi connectivity index (χ1) is 9.78. The monoisotopic (exact) mass is 290 g/mol. The number of benzene rings is 1. The van der Waals surface area contributed by atoms with Crippen LogP contribution in [0.15, 0.2) is 29.3 Å². The molecule has 106 valence electrons. The molecule has 2 aliphatic rings. The van der Waals surface area contributed by atoms with E-state index in [0.717, 1.165) is 30.4 Å². The van der Waals surface area contributed by atoms with E-state index >= 15 is 0 Å². The van der Waals surface area contributed by atoms with E-state index in [1.54, 1.807) is 11.8 Å². The second-order valence-corrected chi connectivity index (χ2v) is 6.05. The van der Waals surface area contributed by atoms with Crippen LogP contribution in [-0.4, -0.2) is 35.7 Å². The number of carbonyl (C=O) groups is 1. The van der Waals surface area contributed by atoms with Crippen LogP contribution in [0.25, 0.3) is 0 Å². The van der Waals surface area contributed by atoms with Gasteiger partial charge in [-0.15, -0.1) is 0 Å². The summed E-state index contributed by atoms with van der Waals surface area (Å²) >= 11 is 1.71. The van der Waals surface area contributed by atoms with E-state index in [0.29, 0.717) is 13.0 Å². The molecule has 0 N–H and O–H groups in total. The number of aliphatic imine (C=N–C) groups is 1. The molecule has 0 aliphatic carbocycles. The van der Waals surface area contributed by atoms with E-state index in [1.807, 2.05) is 24.0 Å². The van der Waals surface area contributed by atoms with Crippen LogP contribution in [0.3, 0.4) is 0 Å². The van der Waals surface area contributed by atoms with Gasteiger partial charge in [-0.3, -0.25) is 14.7 Å². The molecule has 0 radical (unpaired) electrons. The molecule has 1 aromatic carbocycles. The molecule has 2 aliphatic heterocycles. The number of fused-ring (bicyclic) bond motifs is 1. The predicted octanol–water partition coefficient (Wildman–Crippen LogP) is 2.85. The van der Waals surface area contributed by atoms with Crippen molar-refractivity contribution in [3.05, 3.63) is 29.8 Å². The number of hydrogen-bond donors (Lipinski definition) is 0. The molecule has 0 spiro atoms. The van der Waals surface area contributed by atoms with Crippen LogP contribution in [0, 0.1) is 0 Å². The van der Waals surface area contributed by atoms with Gasteiger partial charge in [-0.1, -0.05) is 23.9 Å². The average molecular weight is 290 g/mol. The number of amidine groups is 1. The number of nitrogens with zero attached hydrogens (tertiary/aromatic N) is 2. The van der Waals surface area contributed by atoms with Gasteiger partial charge in [-0.25, -0.2) is 0 Å². The van der Waals surface area contributed by atoms with Crippen molar-refractivity contribution in [1.82, 2.24) is 4.90 Å². The van der Waals surface area contributed by atoms with Crippen LogP contribution in [0.1, 0.15) is 30.6 Å². The zero-order chi connectivity index (χ0) is 13.9. The lowest BCUT2D eigenvalue weighted by Crippen LogP contribution is -2.42. The van der Waals surface area contributed by atoms with Crippen molar-refractivity contribution in [2.45, 2.75) is 25.0 Å². The fourth-order valence-corrected chi connectivity index (χ4v) is 3.75. The highest BCUT2D eigenvalue weighted by Gasteiger charge is 2.33. The Bertz CT molecular complexity index is 527. The summed E-state index contributed by atoms with van der Waals surface area (Å²) in [7, 11) is 0. The quantitative estimate of drug-likeness (QED) is 0.859. The summed E-state index contributed by atoms with van der Waals surface area (Å²) in [6.07, 6.45) is 1.53. The van der Waals surface area contributed by atoms with Crippen LogP contribution in [0.5, 0.6) is 5.75 Å². The molecular weight excluding hydrogens is 272 g/mol. The number of rotatable bonds is 3. The second-order valence-electron chi connectivity index (χ2n) is 4.88. The number of carbonyl (C=O) groups excluding carboxylic acids is 1. The van der Waals surface area contributed by atoms with Gasteiger partial charge in [0.1, 0.15) is 5.75 Å². The van der Waals surface area contributed by atoms with Crippen molar-refractivity contribution in [2.75, 3.05) is 19.7 Å². The molecular formula is C15H18N2O2S.